The molecule has 1 fully saturated rings. The highest BCUT2D eigenvalue weighted by Crippen LogP contribution is 2.26. The van der Waals surface area contributed by atoms with Crippen LogP contribution in [-0.2, 0) is 4.74 Å². The highest BCUT2D eigenvalue weighted by atomic mass is 35.5. The zero-order valence-electron chi connectivity index (χ0n) is 7.35. The lowest BCUT2D eigenvalue weighted by atomic mass is 10.0. The first-order valence-electron chi connectivity index (χ1n) is 4.55. The lowest BCUT2D eigenvalue weighted by Gasteiger charge is -2.31. The second-order valence-corrected chi connectivity index (χ2v) is 3.88. The molecule has 0 aromatic carbocycles. The van der Waals surface area contributed by atoms with Gasteiger partial charge in [0.2, 0.25) is 0 Å². The fourth-order valence-corrected chi connectivity index (χ4v) is 1.97. The van der Waals surface area contributed by atoms with Gasteiger partial charge in [-0.3, -0.25) is 0 Å². The van der Waals surface area contributed by atoms with Crippen molar-refractivity contribution >= 4 is 11.6 Å². The summed E-state index contributed by atoms with van der Waals surface area (Å²) in [4.78, 5) is 0. The summed E-state index contributed by atoms with van der Waals surface area (Å²) in [6.45, 7) is 4.32. The molecule has 1 rings (SSSR count). The average molecular weight is 177 g/mol. The summed E-state index contributed by atoms with van der Waals surface area (Å²) in [5.74, 6) is 0. The minimum absolute atomic E-state index is 0.346. The van der Waals surface area contributed by atoms with Crippen molar-refractivity contribution in [2.24, 2.45) is 0 Å². The summed E-state index contributed by atoms with van der Waals surface area (Å²) in [6, 6.07) is 0. The number of alkyl halides is 1. The summed E-state index contributed by atoms with van der Waals surface area (Å²) in [5.41, 5.74) is 0. The van der Waals surface area contributed by atoms with Gasteiger partial charge in [0.15, 0.2) is 0 Å². The maximum absolute atomic E-state index is 6.08. The molecule has 1 nitrogen and oxygen atoms in total. The largest absolute Gasteiger partial charge is 0.375 e. The summed E-state index contributed by atoms with van der Waals surface area (Å²) >= 11 is 6.08. The van der Waals surface area contributed by atoms with Gasteiger partial charge in [-0.05, 0) is 25.7 Å². The van der Waals surface area contributed by atoms with Crippen molar-refractivity contribution in [3.05, 3.63) is 0 Å². The first-order valence-corrected chi connectivity index (χ1v) is 4.99. The Balaban J connectivity index is 2.37. The molecule has 1 aliphatic heterocycles. The minimum atomic E-state index is 0.346. The maximum Gasteiger partial charge on any atom is 0.0590 e. The molecule has 1 aliphatic rings. The Hall–Kier alpha value is 0.250. The van der Waals surface area contributed by atoms with E-state index < -0.39 is 0 Å². The third kappa shape index (κ3) is 2.64. The number of hydrogen-bond donors (Lipinski definition) is 0. The van der Waals surface area contributed by atoms with Crippen molar-refractivity contribution in [1.82, 2.24) is 0 Å². The Morgan fingerprint density at radius 1 is 1.18 bits per heavy atom. The third-order valence-corrected chi connectivity index (χ3v) is 2.69. The fourth-order valence-electron chi connectivity index (χ4n) is 1.58. The second kappa shape index (κ2) is 4.32. The minimum Gasteiger partial charge on any atom is -0.375 e. The number of ether oxygens (including phenoxy) is 1. The van der Waals surface area contributed by atoms with Gasteiger partial charge in [0.25, 0.3) is 0 Å². The molecule has 0 bridgehead atoms. The topological polar surface area (TPSA) is 9.23 Å². The number of rotatable bonds is 2. The van der Waals surface area contributed by atoms with Crippen LogP contribution < -0.4 is 0 Å². The maximum atomic E-state index is 6.08. The zero-order valence-corrected chi connectivity index (χ0v) is 8.10. The highest BCUT2D eigenvalue weighted by molar-refractivity contribution is 6.20. The van der Waals surface area contributed by atoms with Crippen LogP contribution in [0.1, 0.15) is 39.5 Å². The van der Waals surface area contributed by atoms with Gasteiger partial charge in [-0.2, -0.15) is 0 Å². The van der Waals surface area contributed by atoms with Crippen LogP contribution in [0.3, 0.4) is 0 Å². The van der Waals surface area contributed by atoms with Gasteiger partial charge in [-0.25, -0.2) is 0 Å². The molecule has 0 radical (unpaired) electrons. The standard InChI is InChI=1S/C9H17ClO/c1-3-8-5-7(10)6-9(4-2)11-8/h7-9H,3-6H2,1-2H3. The predicted molar refractivity (Wildman–Crippen MR) is 48.1 cm³/mol. The molecule has 0 aliphatic carbocycles. The first-order chi connectivity index (χ1) is 5.26. The summed E-state index contributed by atoms with van der Waals surface area (Å²) < 4.78 is 5.77. The summed E-state index contributed by atoms with van der Waals surface area (Å²) in [5, 5.41) is 0.346. The number of halogens is 1. The Kier molecular flexibility index (Phi) is 3.67. The predicted octanol–water partition coefficient (Wildman–Crippen LogP) is 2.96. The van der Waals surface area contributed by atoms with E-state index in [1.54, 1.807) is 0 Å². The quantitative estimate of drug-likeness (QED) is 0.588. The van der Waals surface area contributed by atoms with Crippen LogP contribution in [0.2, 0.25) is 0 Å². The van der Waals surface area contributed by atoms with E-state index in [4.69, 9.17) is 16.3 Å². The summed E-state index contributed by atoms with van der Waals surface area (Å²) in [7, 11) is 0. The molecule has 0 amide bonds. The lowest BCUT2D eigenvalue weighted by Crippen LogP contribution is -2.32. The molecule has 2 heteroatoms. The van der Waals surface area contributed by atoms with Gasteiger partial charge in [0, 0.05) is 5.38 Å². The summed E-state index contributed by atoms with van der Waals surface area (Å²) in [6.07, 6.45) is 5.09. The Morgan fingerprint density at radius 2 is 1.64 bits per heavy atom. The molecule has 0 aromatic rings. The van der Waals surface area contributed by atoms with Crippen molar-refractivity contribution in [3.63, 3.8) is 0 Å². The van der Waals surface area contributed by atoms with Gasteiger partial charge in [-0.1, -0.05) is 13.8 Å². The van der Waals surface area contributed by atoms with E-state index in [-0.39, 0.29) is 0 Å². The molecule has 2 unspecified atom stereocenters. The van der Waals surface area contributed by atoms with Crippen molar-refractivity contribution in [3.8, 4) is 0 Å². The second-order valence-electron chi connectivity index (χ2n) is 3.27. The lowest BCUT2D eigenvalue weighted by molar-refractivity contribution is -0.0499. The molecule has 0 saturated carbocycles. The Labute approximate surface area is 74.1 Å². The molecule has 2 atom stereocenters. The van der Waals surface area contributed by atoms with E-state index >= 15 is 0 Å². The van der Waals surface area contributed by atoms with E-state index in [1.165, 1.54) is 0 Å². The molecule has 66 valence electrons. The normalized spacial score (nSPS) is 39.0. The van der Waals surface area contributed by atoms with E-state index in [9.17, 15) is 0 Å². The first kappa shape index (κ1) is 9.34. The van der Waals surface area contributed by atoms with Crippen LogP contribution in [0, 0.1) is 0 Å². The SMILES string of the molecule is CCC1CC(Cl)CC(CC)O1. The van der Waals surface area contributed by atoms with Crippen molar-refractivity contribution in [1.29, 1.82) is 0 Å². The molecular formula is C9H17ClO. The molecule has 0 aromatic heterocycles. The van der Waals surface area contributed by atoms with Gasteiger partial charge >= 0.3 is 0 Å². The monoisotopic (exact) mass is 176 g/mol. The van der Waals surface area contributed by atoms with Gasteiger partial charge in [0.05, 0.1) is 12.2 Å². The molecule has 11 heavy (non-hydrogen) atoms. The Morgan fingerprint density at radius 3 is 2.00 bits per heavy atom. The van der Waals surface area contributed by atoms with Crippen molar-refractivity contribution in [2.75, 3.05) is 0 Å². The van der Waals surface area contributed by atoms with Gasteiger partial charge in [0.1, 0.15) is 0 Å². The van der Waals surface area contributed by atoms with Crippen LogP contribution in [-0.4, -0.2) is 17.6 Å². The van der Waals surface area contributed by atoms with Crippen molar-refractivity contribution in [2.45, 2.75) is 57.1 Å². The van der Waals surface area contributed by atoms with E-state index in [1.807, 2.05) is 0 Å². The van der Waals surface area contributed by atoms with Crippen LogP contribution in [0.25, 0.3) is 0 Å². The molecule has 1 saturated heterocycles. The zero-order chi connectivity index (χ0) is 8.27. The highest BCUT2D eigenvalue weighted by Gasteiger charge is 2.25. The molecule has 0 N–H and O–H groups in total. The Bertz CT molecular complexity index is 104. The molecule has 1 heterocycles. The van der Waals surface area contributed by atoms with Crippen LogP contribution in [0.15, 0.2) is 0 Å². The fraction of sp³-hybridized carbons (Fsp3) is 1.00. The van der Waals surface area contributed by atoms with Crippen LogP contribution in [0.5, 0.6) is 0 Å². The van der Waals surface area contributed by atoms with Gasteiger partial charge in [-0.15, -0.1) is 11.6 Å². The van der Waals surface area contributed by atoms with Crippen LogP contribution >= 0.6 is 11.6 Å². The van der Waals surface area contributed by atoms with E-state index in [2.05, 4.69) is 13.8 Å². The third-order valence-electron chi connectivity index (χ3n) is 2.33. The van der Waals surface area contributed by atoms with E-state index in [0.29, 0.717) is 17.6 Å². The molecule has 0 spiro atoms. The van der Waals surface area contributed by atoms with Crippen molar-refractivity contribution < 1.29 is 4.74 Å². The van der Waals surface area contributed by atoms with E-state index in [0.717, 1.165) is 25.7 Å². The number of hydrogen-bond acceptors (Lipinski definition) is 1. The van der Waals surface area contributed by atoms with Crippen LogP contribution in [0.4, 0.5) is 0 Å². The average Bonchev–Trinajstić information content (AvgIpc) is 2.03. The van der Waals surface area contributed by atoms with Gasteiger partial charge < -0.3 is 4.74 Å². The molecular weight excluding hydrogens is 160 g/mol. The smallest absolute Gasteiger partial charge is 0.0590 e.